The molecule has 1 heterocycles. The van der Waals surface area contributed by atoms with E-state index < -0.39 is 5.54 Å². The van der Waals surface area contributed by atoms with E-state index in [0.717, 1.165) is 39.0 Å². The Balaban J connectivity index is 0.00000225. The maximum atomic E-state index is 11.4. The first-order valence-electron chi connectivity index (χ1n) is 5.65. The molecule has 96 valence electrons. The number of rotatable bonds is 4. The van der Waals surface area contributed by atoms with Gasteiger partial charge in [0, 0.05) is 19.8 Å². The highest BCUT2D eigenvalue weighted by Crippen LogP contribution is 2.17. The van der Waals surface area contributed by atoms with Crippen molar-refractivity contribution in [1.29, 1.82) is 0 Å². The van der Waals surface area contributed by atoms with Gasteiger partial charge in [-0.15, -0.1) is 12.4 Å². The van der Waals surface area contributed by atoms with E-state index >= 15 is 0 Å². The molecule has 5 heteroatoms. The molecular weight excluding hydrogens is 228 g/mol. The molecular formula is C11H23ClN2O2. The van der Waals surface area contributed by atoms with Crippen LogP contribution in [0, 0.1) is 5.92 Å². The average Bonchev–Trinajstić information content (AvgIpc) is 2.18. The van der Waals surface area contributed by atoms with Gasteiger partial charge in [0.1, 0.15) is 0 Å². The molecule has 0 aromatic carbocycles. The average molecular weight is 251 g/mol. The minimum absolute atomic E-state index is 0. The van der Waals surface area contributed by atoms with Crippen LogP contribution in [0.15, 0.2) is 0 Å². The summed E-state index contributed by atoms with van der Waals surface area (Å²) >= 11 is 0. The summed E-state index contributed by atoms with van der Waals surface area (Å²) in [6.45, 7) is 5.89. The zero-order valence-corrected chi connectivity index (χ0v) is 10.9. The molecule has 0 radical (unpaired) electrons. The van der Waals surface area contributed by atoms with Gasteiger partial charge in [-0.2, -0.15) is 0 Å². The van der Waals surface area contributed by atoms with E-state index in [1.54, 1.807) is 13.8 Å². The summed E-state index contributed by atoms with van der Waals surface area (Å²) in [4.78, 5) is 11.4. The number of carbonyl (C=O) groups is 1. The lowest BCUT2D eigenvalue weighted by Crippen LogP contribution is -2.49. The highest BCUT2D eigenvalue weighted by molar-refractivity contribution is 5.85. The summed E-state index contributed by atoms with van der Waals surface area (Å²) in [7, 11) is 0. The molecule has 1 saturated heterocycles. The topological polar surface area (TPSA) is 64.4 Å². The molecule has 0 unspecified atom stereocenters. The van der Waals surface area contributed by atoms with Gasteiger partial charge in [-0.1, -0.05) is 0 Å². The van der Waals surface area contributed by atoms with Crippen molar-refractivity contribution in [2.24, 2.45) is 11.7 Å². The molecule has 4 nitrogen and oxygen atoms in total. The third-order valence-electron chi connectivity index (χ3n) is 2.76. The smallest absolute Gasteiger partial charge is 0.239 e. The van der Waals surface area contributed by atoms with Crippen molar-refractivity contribution < 1.29 is 9.53 Å². The summed E-state index contributed by atoms with van der Waals surface area (Å²) in [5, 5.41) is 2.87. The van der Waals surface area contributed by atoms with Crippen LogP contribution in [0.1, 0.15) is 33.1 Å². The molecule has 0 bridgehead atoms. The van der Waals surface area contributed by atoms with Crippen LogP contribution in [0.5, 0.6) is 0 Å². The van der Waals surface area contributed by atoms with Crippen LogP contribution in [0.3, 0.4) is 0 Å². The molecule has 0 spiro atoms. The number of nitrogens with two attached hydrogens (primary N) is 1. The monoisotopic (exact) mass is 250 g/mol. The van der Waals surface area contributed by atoms with Gasteiger partial charge in [-0.3, -0.25) is 4.79 Å². The number of amides is 1. The first-order valence-corrected chi connectivity index (χ1v) is 5.65. The second-order valence-corrected chi connectivity index (χ2v) is 4.82. The molecule has 1 aliphatic rings. The van der Waals surface area contributed by atoms with Gasteiger partial charge in [-0.25, -0.2) is 0 Å². The molecule has 0 aliphatic carbocycles. The Bertz CT molecular complexity index is 211. The van der Waals surface area contributed by atoms with E-state index in [-0.39, 0.29) is 18.3 Å². The molecule has 1 rings (SSSR count). The van der Waals surface area contributed by atoms with Crippen molar-refractivity contribution in [2.75, 3.05) is 19.8 Å². The van der Waals surface area contributed by atoms with E-state index in [1.165, 1.54) is 0 Å². The Morgan fingerprint density at radius 3 is 2.50 bits per heavy atom. The predicted molar refractivity (Wildman–Crippen MR) is 66.7 cm³/mol. The molecule has 0 saturated carbocycles. The number of ether oxygens (including phenoxy) is 1. The normalized spacial score (nSPS) is 17.7. The Kier molecular flexibility index (Phi) is 6.95. The van der Waals surface area contributed by atoms with Gasteiger partial charge in [0.25, 0.3) is 0 Å². The summed E-state index contributed by atoms with van der Waals surface area (Å²) in [6.07, 6.45) is 3.26. The largest absolute Gasteiger partial charge is 0.381 e. The van der Waals surface area contributed by atoms with Gasteiger partial charge < -0.3 is 15.8 Å². The fraction of sp³-hybridized carbons (Fsp3) is 0.909. The zero-order chi connectivity index (χ0) is 11.3. The molecule has 1 aliphatic heterocycles. The standard InChI is InChI=1S/C11H22N2O2.ClH/c1-11(2,12)10(14)13-6-3-9-4-7-15-8-5-9;/h9H,3-8,12H2,1-2H3,(H,13,14);1H. The third kappa shape index (κ3) is 5.68. The lowest BCUT2D eigenvalue weighted by atomic mass is 9.96. The van der Waals surface area contributed by atoms with E-state index in [0.29, 0.717) is 5.92 Å². The van der Waals surface area contributed by atoms with E-state index in [4.69, 9.17) is 10.5 Å². The zero-order valence-electron chi connectivity index (χ0n) is 10.1. The van der Waals surface area contributed by atoms with Crippen LogP contribution in [-0.2, 0) is 9.53 Å². The van der Waals surface area contributed by atoms with Crippen LogP contribution in [0.25, 0.3) is 0 Å². The van der Waals surface area contributed by atoms with Gasteiger partial charge in [0.2, 0.25) is 5.91 Å². The molecule has 0 aromatic heterocycles. The van der Waals surface area contributed by atoms with Crippen molar-refractivity contribution in [3.8, 4) is 0 Å². The maximum Gasteiger partial charge on any atom is 0.239 e. The molecule has 0 atom stereocenters. The minimum Gasteiger partial charge on any atom is -0.381 e. The van der Waals surface area contributed by atoms with Gasteiger partial charge in [-0.05, 0) is 39.0 Å². The van der Waals surface area contributed by atoms with Crippen molar-refractivity contribution in [3.63, 3.8) is 0 Å². The fourth-order valence-electron chi connectivity index (χ4n) is 1.65. The van der Waals surface area contributed by atoms with Crippen LogP contribution in [0.4, 0.5) is 0 Å². The van der Waals surface area contributed by atoms with E-state index in [2.05, 4.69) is 5.32 Å². The van der Waals surface area contributed by atoms with Crippen LogP contribution in [0.2, 0.25) is 0 Å². The van der Waals surface area contributed by atoms with Crippen molar-refractivity contribution in [2.45, 2.75) is 38.6 Å². The Morgan fingerprint density at radius 2 is 2.00 bits per heavy atom. The lowest BCUT2D eigenvalue weighted by Gasteiger charge is -2.23. The van der Waals surface area contributed by atoms with E-state index in [9.17, 15) is 4.79 Å². The number of hydrogen-bond donors (Lipinski definition) is 2. The first kappa shape index (κ1) is 15.7. The molecule has 16 heavy (non-hydrogen) atoms. The second kappa shape index (κ2) is 7.09. The summed E-state index contributed by atoms with van der Waals surface area (Å²) in [5.41, 5.74) is 4.90. The number of hydrogen-bond acceptors (Lipinski definition) is 3. The van der Waals surface area contributed by atoms with Crippen molar-refractivity contribution >= 4 is 18.3 Å². The van der Waals surface area contributed by atoms with Gasteiger partial charge >= 0.3 is 0 Å². The summed E-state index contributed by atoms with van der Waals surface area (Å²) in [6, 6.07) is 0. The highest BCUT2D eigenvalue weighted by Gasteiger charge is 2.21. The quantitative estimate of drug-likeness (QED) is 0.785. The van der Waals surface area contributed by atoms with Gasteiger partial charge in [0.05, 0.1) is 5.54 Å². The minimum atomic E-state index is -0.768. The Hall–Kier alpha value is -0.320. The maximum absolute atomic E-state index is 11.4. The first-order chi connectivity index (χ1) is 7.00. The van der Waals surface area contributed by atoms with Crippen molar-refractivity contribution in [1.82, 2.24) is 5.32 Å². The van der Waals surface area contributed by atoms with E-state index in [1.807, 2.05) is 0 Å². The second-order valence-electron chi connectivity index (χ2n) is 4.82. The summed E-state index contributed by atoms with van der Waals surface area (Å²) in [5.74, 6) is 0.620. The molecule has 1 amide bonds. The number of halogens is 1. The lowest BCUT2D eigenvalue weighted by molar-refractivity contribution is -0.125. The van der Waals surface area contributed by atoms with Crippen LogP contribution in [-0.4, -0.2) is 31.2 Å². The Morgan fingerprint density at radius 1 is 1.44 bits per heavy atom. The molecule has 3 N–H and O–H groups in total. The third-order valence-corrected chi connectivity index (χ3v) is 2.76. The van der Waals surface area contributed by atoms with Gasteiger partial charge in [0.15, 0.2) is 0 Å². The molecule has 0 aromatic rings. The van der Waals surface area contributed by atoms with Crippen LogP contribution < -0.4 is 11.1 Å². The van der Waals surface area contributed by atoms with Crippen LogP contribution >= 0.6 is 12.4 Å². The molecule has 1 fully saturated rings. The predicted octanol–water partition coefficient (Wildman–Crippen LogP) is 1.08. The number of nitrogens with one attached hydrogen (secondary N) is 1. The number of carbonyl (C=O) groups excluding carboxylic acids is 1. The van der Waals surface area contributed by atoms with Crippen molar-refractivity contribution in [3.05, 3.63) is 0 Å². The highest BCUT2D eigenvalue weighted by atomic mass is 35.5. The fourth-order valence-corrected chi connectivity index (χ4v) is 1.65. The SMILES string of the molecule is CC(C)(N)C(=O)NCCC1CCOCC1.Cl. The Labute approximate surface area is 104 Å². The summed E-state index contributed by atoms with van der Waals surface area (Å²) < 4.78 is 5.27.